The average Bonchev–Trinajstić information content (AvgIpc) is 2.71. The fraction of sp³-hybridized carbons (Fsp3) is 0.700. The minimum Gasteiger partial charge on any atom is -0.298 e. The first kappa shape index (κ1) is 10.5. The van der Waals surface area contributed by atoms with Crippen molar-refractivity contribution in [2.75, 3.05) is 19.6 Å². The lowest BCUT2D eigenvalue weighted by atomic mass is 9.94. The Labute approximate surface area is 87.5 Å². The van der Waals surface area contributed by atoms with E-state index in [9.17, 15) is 8.78 Å². The summed E-state index contributed by atoms with van der Waals surface area (Å²) in [5.41, 5.74) is 1.13. The molecule has 0 amide bonds. The molecule has 0 bridgehead atoms. The molecule has 1 aliphatic heterocycles. The molecule has 3 nitrogen and oxygen atoms in total. The number of likely N-dealkylation sites (tertiary alicyclic amines) is 1. The van der Waals surface area contributed by atoms with Crippen LogP contribution in [0.2, 0.25) is 0 Å². The monoisotopic (exact) mass is 215 g/mol. The zero-order valence-electron chi connectivity index (χ0n) is 8.50. The van der Waals surface area contributed by atoms with E-state index in [1.165, 1.54) is 0 Å². The molecule has 1 aromatic heterocycles. The smallest absolute Gasteiger partial charge is 0.251 e. The van der Waals surface area contributed by atoms with Crippen molar-refractivity contribution in [2.45, 2.75) is 25.2 Å². The highest BCUT2D eigenvalue weighted by atomic mass is 19.3. The van der Waals surface area contributed by atoms with E-state index >= 15 is 0 Å². The molecule has 5 heteroatoms. The first-order valence-corrected chi connectivity index (χ1v) is 5.25. The summed E-state index contributed by atoms with van der Waals surface area (Å²) >= 11 is 0. The summed E-state index contributed by atoms with van der Waals surface area (Å²) in [5.74, 6) is 0.460. The van der Waals surface area contributed by atoms with Crippen LogP contribution in [0.4, 0.5) is 8.78 Å². The molecule has 2 rings (SSSR count). The van der Waals surface area contributed by atoms with Crippen LogP contribution in [0.15, 0.2) is 12.3 Å². The van der Waals surface area contributed by atoms with E-state index < -0.39 is 6.43 Å². The van der Waals surface area contributed by atoms with Crippen molar-refractivity contribution in [3.63, 3.8) is 0 Å². The van der Waals surface area contributed by atoms with Crippen LogP contribution >= 0.6 is 0 Å². The molecule has 0 atom stereocenters. The lowest BCUT2D eigenvalue weighted by Gasteiger charge is -2.30. The number of rotatable bonds is 3. The van der Waals surface area contributed by atoms with Gasteiger partial charge < -0.3 is 0 Å². The first-order chi connectivity index (χ1) is 7.25. The van der Waals surface area contributed by atoms with Crippen LogP contribution in [0.3, 0.4) is 0 Å². The number of piperidine rings is 1. The maximum Gasteiger partial charge on any atom is 0.251 e. The minimum atomic E-state index is -2.21. The zero-order valence-corrected chi connectivity index (χ0v) is 8.50. The van der Waals surface area contributed by atoms with Crippen molar-refractivity contribution in [3.8, 4) is 0 Å². The third-order valence-electron chi connectivity index (χ3n) is 2.95. The number of alkyl halides is 2. The van der Waals surface area contributed by atoms with Gasteiger partial charge in [0.2, 0.25) is 0 Å². The number of hydrogen-bond acceptors (Lipinski definition) is 2. The molecule has 2 heterocycles. The van der Waals surface area contributed by atoms with Crippen molar-refractivity contribution in [2.24, 2.45) is 0 Å². The van der Waals surface area contributed by atoms with Gasteiger partial charge >= 0.3 is 0 Å². The number of aromatic amines is 1. The van der Waals surface area contributed by atoms with Crippen molar-refractivity contribution in [1.29, 1.82) is 0 Å². The van der Waals surface area contributed by atoms with Gasteiger partial charge in [-0.2, -0.15) is 5.10 Å². The largest absolute Gasteiger partial charge is 0.298 e. The fourth-order valence-corrected chi connectivity index (χ4v) is 2.12. The average molecular weight is 215 g/mol. The van der Waals surface area contributed by atoms with Gasteiger partial charge in [-0.25, -0.2) is 8.78 Å². The predicted octanol–water partition coefficient (Wildman–Crippen LogP) is 1.85. The number of aromatic nitrogens is 2. The number of nitrogens with zero attached hydrogens (tertiary/aromatic N) is 2. The Balaban J connectivity index is 1.82. The summed E-state index contributed by atoms with van der Waals surface area (Å²) in [6.07, 6.45) is 1.40. The Bertz CT molecular complexity index is 279. The predicted molar refractivity (Wildman–Crippen MR) is 53.0 cm³/mol. The summed E-state index contributed by atoms with van der Waals surface area (Å²) < 4.78 is 24.3. The molecular weight excluding hydrogens is 200 g/mol. The summed E-state index contributed by atoms with van der Waals surface area (Å²) in [6.45, 7) is 1.43. The molecule has 0 unspecified atom stereocenters. The Kier molecular flexibility index (Phi) is 3.30. The second-order valence-electron chi connectivity index (χ2n) is 3.98. The van der Waals surface area contributed by atoms with Gasteiger partial charge in [0.15, 0.2) is 0 Å². The molecule has 0 spiro atoms. The lowest BCUT2D eigenvalue weighted by Crippen LogP contribution is -2.36. The third-order valence-corrected chi connectivity index (χ3v) is 2.95. The highest BCUT2D eigenvalue weighted by molar-refractivity contribution is 5.06. The van der Waals surface area contributed by atoms with Gasteiger partial charge in [0.05, 0.1) is 6.54 Å². The maximum absolute atomic E-state index is 12.1. The number of nitrogens with one attached hydrogen (secondary N) is 1. The minimum absolute atomic E-state index is 0.0876. The molecule has 1 fully saturated rings. The molecule has 0 aliphatic carbocycles. The van der Waals surface area contributed by atoms with Crippen LogP contribution in [-0.2, 0) is 0 Å². The molecule has 84 valence electrons. The van der Waals surface area contributed by atoms with E-state index in [0.717, 1.165) is 31.6 Å². The van der Waals surface area contributed by atoms with Gasteiger partial charge in [-0.05, 0) is 32.0 Å². The standard InChI is InChI=1S/C10H15F2N3/c11-10(12)7-15-5-2-8(3-6-15)9-1-4-13-14-9/h1,4,8,10H,2-3,5-7H2,(H,13,14). The molecule has 1 aromatic rings. The van der Waals surface area contributed by atoms with Gasteiger partial charge in [-0.15, -0.1) is 0 Å². The maximum atomic E-state index is 12.1. The first-order valence-electron chi connectivity index (χ1n) is 5.25. The highest BCUT2D eigenvalue weighted by Gasteiger charge is 2.22. The lowest BCUT2D eigenvalue weighted by molar-refractivity contribution is 0.0752. The number of hydrogen-bond donors (Lipinski definition) is 1. The van der Waals surface area contributed by atoms with Crippen LogP contribution in [0.25, 0.3) is 0 Å². The van der Waals surface area contributed by atoms with Crippen molar-refractivity contribution < 1.29 is 8.78 Å². The zero-order chi connectivity index (χ0) is 10.7. The van der Waals surface area contributed by atoms with Crippen LogP contribution in [0, 0.1) is 0 Å². The molecule has 15 heavy (non-hydrogen) atoms. The molecule has 0 radical (unpaired) electrons. The molecule has 0 saturated carbocycles. The Morgan fingerprint density at radius 2 is 2.20 bits per heavy atom. The third kappa shape index (κ3) is 2.75. The fourth-order valence-electron chi connectivity index (χ4n) is 2.12. The van der Waals surface area contributed by atoms with E-state index in [0.29, 0.717) is 5.92 Å². The summed E-state index contributed by atoms with van der Waals surface area (Å²) in [6, 6.07) is 1.97. The molecule has 1 saturated heterocycles. The van der Waals surface area contributed by atoms with Crippen LogP contribution < -0.4 is 0 Å². The second kappa shape index (κ2) is 4.70. The van der Waals surface area contributed by atoms with E-state index in [1.807, 2.05) is 11.0 Å². The summed E-state index contributed by atoms with van der Waals surface area (Å²) in [5, 5.41) is 6.85. The Morgan fingerprint density at radius 1 is 1.47 bits per heavy atom. The van der Waals surface area contributed by atoms with Gasteiger partial charge in [-0.3, -0.25) is 10.00 Å². The quantitative estimate of drug-likeness (QED) is 0.834. The molecule has 0 aromatic carbocycles. The van der Waals surface area contributed by atoms with Gasteiger partial charge in [-0.1, -0.05) is 0 Å². The van der Waals surface area contributed by atoms with Gasteiger partial charge in [0.1, 0.15) is 0 Å². The second-order valence-corrected chi connectivity index (χ2v) is 3.98. The summed E-state index contributed by atoms with van der Waals surface area (Å²) in [7, 11) is 0. The molecular formula is C10H15F2N3. The summed E-state index contributed by atoms with van der Waals surface area (Å²) in [4.78, 5) is 1.83. The molecule has 1 N–H and O–H groups in total. The Hall–Kier alpha value is -0.970. The van der Waals surface area contributed by atoms with E-state index in [1.54, 1.807) is 6.20 Å². The highest BCUT2D eigenvalue weighted by Crippen LogP contribution is 2.26. The molecule has 1 aliphatic rings. The van der Waals surface area contributed by atoms with Gasteiger partial charge in [0.25, 0.3) is 6.43 Å². The van der Waals surface area contributed by atoms with Crippen LogP contribution in [0.1, 0.15) is 24.5 Å². The number of H-pyrrole nitrogens is 1. The van der Waals surface area contributed by atoms with Crippen LogP contribution in [-0.4, -0.2) is 41.2 Å². The van der Waals surface area contributed by atoms with E-state index in [2.05, 4.69) is 10.2 Å². The van der Waals surface area contributed by atoms with Crippen molar-refractivity contribution in [1.82, 2.24) is 15.1 Å². The topological polar surface area (TPSA) is 31.9 Å². The number of halogens is 2. The normalized spacial score (nSPS) is 19.9. The van der Waals surface area contributed by atoms with Crippen LogP contribution in [0.5, 0.6) is 0 Å². The SMILES string of the molecule is FC(F)CN1CCC(c2ccn[nH]2)CC1. The van der Waals surface area contributed by atoms with E-state index in [4.69, 9.17) is 0 Å². The van der Waals surface area contributed by atoms with Gasteiger partial charge in [0, 0.05) is 17.8 Å². The van der Waals surface area contributed by atoms with Crippen molar-refractivity contribution >= 4 is 0 Å². The van der Waals surface area contributed by atoms with E-state index in [-0.39, 0.29) is 6.54 Å². The van der Waals surface area contributed by atoms with Crippen molar-refractivity contribution in [3.05, 3.63) is 18.0 Å². The Morgan fingerprint density at radius 3 is 2.73 bits per heavy atom.